The highest BCUT2D eigenvalue weighted by molar-refractivity contribution is 6.39. The molecule has 1 aliphatic heterocycles. The van der Waals surface area contributed by atoms with E-state index in [0.29, 0.717) is 52.8 Å². The molecule has 3 N–H and O–H groups in total. The number of hydrogen-bond acceptors (Lipinski definition) is 9. The molecule has 0 radical (unpaired) electrons. The maximum atomic E-state index is 13.8. The van der Waals surface area contributed by atoms with Gasteiger partial charge >= 0.3 is 11.9 Å². The van der Waals surface area contributed by atoms with Crippen molar-refractivity contribution < 1.29 is 22.7 Å². The number of pyridine rings is 1. The minimum Gasteiger partial charge on any atom is -0.481 e. The number of alkyl halides is 3. The third-order valence-corrected chi connectivity index (χ3v) is 9.11. The summed E-state index contributed by atoms with van der Waals surface area (Å²) in [6, 6.07) is 13.8. The topological polar surface area (TPSA) is 145 Å². The Morgan fingerprint density at radius 1 is 0.940 bits per heavy atom. The van der Waals surface area contributed by atoms with E-state index in [1.165, 1.54) is 27.3 Å². The van der Waals surface area contributed by atoms with Crippen molar-refractivity contribution in [2.75, 3.05) is 19.0 Å². The van der Waals surface area contributed by atoms with Crippen LogP contribution in [0.25, 0.3) is 33.4 Å². The lowest BCUT2D eigenvalue weighted by atomic mass is 10.00. The van der Waals surface area contributed by atoms with Gasteiger partial charge in [0.15, 0.2) is 5.65 Å². The fraction of sp³-hybridized carbons (Fsp3) is 0.273. The Balaban J connectivity index is 1.34. The van der Waals surface area contributed by atoms with Gasteiger partial charge in [-0.15, -0.1) is 0 Å². The standard InChI is InChI=1S/C33H29Cl2F3N8O4/c1-45-28-24(30(48)46(2)32(45)49)27(43-31(44-28)33(36,37)38)41-22-9-5-7-19(26(22)35)18-6-4-8-20(25(18)34)21-12-10-16(29(42-21)50-3)14-39-15-17-11-13-23(47)40-17/h4-10,12,17,39H,11,13-15H2,1-3H3,(H,40,47)(H,41,43,44)/t17-/m0/s1. The number of nitrogens with zero attached hydrogens (tertiary/aromatic N) is 5. The number of hydrogen-bond donors (Lipinski definition) is 3. The van der Waals surface area contributed by atoms with Crippen LogP contribution in [0.2, 0.25) is 10.0 Å². The second-order valence-electron chi connectivity index (χ2n) is 11.6. The molecule has 2 aromatic carbocycles. The van der Waals surface area contributed by atoms with Crippen molar-refractivity contribution >= 4 is 51.6 Å². The van der Waals surface area contributed by atoms with E-state index in [9.17, 15) is 27.6 Å². The zero-order chi connectivity index (χ0) is 35.9. The number of carbonyl (C=O) groups is 1. The molecule has 0 saturated carbocycles. The van der Waals surface area contributed by atoms with Crippen LogP contribution in [0.5, 0.6) is 5.88 Å². The van der Waals surface area contributed by atoms with E-state index in [4.69, 9.17) is 27.9 Å². The first kappa shape index (κ1) is 34.9. The number of anilines is 2. The van der Waals surface area contributed by atoms with Gasteiger partial charge in [0, 0.05) is 61.9 Å². The van der Waals surface area contributed by atoms with Crippen LogP contribution in [-0.2, 0) is 31.6 Å². The number of ether oxygens (including phenoxy) is 1. The summed E-state index contributed by atoms with van der Waals surface area (Å²) in [7, 11) is 3.91. The molecule has 0 unspecified atom stereocenters. The molecule has 0 bridgehead atoms. The van der Waals surface area contributed by atoms with Crippen molar-refractivity contribution in [3.8, 4) is 28.3 Å². The lowest BCUT2D eigenvalue weighted by molar-refractivity contribution is -0.144. The van der Waals surface area contributed by atoms with Gasteiger partial charge in [-0.1, -0.05) is 59.6 Å². The molecule has 1 atom stereocenters. The fourth-order valence-corrected chi connectivity index (χ4v) is 6.32. The van der Waals surface area contributed by atoms with E-state index < -0.39 is 34.7 Å². The molecule has 17 heteroatoms. The second-order valence-corrected chi connectivity index (χ2v) is 12.3. The summed E-state index contributed by atoms with van der Waals surface area (Å²) in [6.07, 6.45) is -3.69. The summed E-state index contributed by atoms with van der Waals surface area (Å²) >= 11 is 13.8. The molecule has 1 saturated heterocycles. The number of aryl methyl sites for hydroxylation is 1. The Hall–Kier alpha value is -4.99. The SMILES string of the molecule is COc1nc(-c2cccc(-c3cccc(Nc4nc(C(F)(F)F)nc5c4c(=O)n(C)c(=O)n5C)c3Cl)c2Cl)ccc1CNC[C@@H]1CCC(=O)N1. The molecular weight excluding hydrogens is 700 g/mol. The van der Waals surface area contributed by atoms with Gasteiger partial charge in [0.2, 0.25) is 17.6 Å². The van der Waals surface area contributed by atoms with Crippen LogP contribution in [0.4, 0.5) is 24.7 Å². The number of carbonyl (C=O) groups excluding carboxylic acids is 1. The van der Waals surface area contributed by atoms with Crippen molar-refractivity contribution in [1.29, 1.82) is 0 Å². The highest BCUT2D eigenvalue weighted by Crippen LogP contribution is 2.42. The maximum absolute atomic E-state index is 13.8. The molecule has 1 aliphatic rings. The van der Waals surface area contributed by atoms with Crippen LogP contribution in [0, 0.1) is 0 Å². The summed E-state index contributed by atoms with van der Waals surface area (Å²) in [6.45, 7) is 1.06. The number of aromatic nitrogens is 5. The number of fused-ring (bicyclic) bond motifs is 1. The summed E-state index contributed by atoms with van der Waals surface area (Å²) < 4.78 is 48.7. The third-order valence-electron chi connectivity index (χ3n) is 8.29. The van der Waals surface area contributed by atoms with Crippen molar-refractivity contribution in [2.24, 2.45) is 14.1 Å². The number of benzene rings is 2. The van der Waals surface area contributed by atoms with E-state index >= 15 is 0 Å². The molecule has 5 aromatic rings. The largest absolute Gasteiger partial charge is 0.481 e. The van der Waals surface area contributed by atoms with E-state index in [1.54, 1.807) is 36.4 Å². The molecule has 0 spiro atoms. The Bertz CT molecular complexity index is 2280. The van der Waals surface area contributed by atoms with E-state index in [-0.39, 0.29) is 28.0 Å². The van der Waals surface area contributed by atoms with Crippen LogP contribution in [0.1, 0.15) is 24.2 Å². The van der Waals surface area contributed by atoms with Gasteiger partial charge in [0.05, 0.1) is 28.5 Å². The average Bonchev–Trinajstić information content (AvgIpc) is 3.51. The lowest BCUT2D eigenvalue weighted by Gasteiger charge is -2.17. The van der Waals surface area contributed by atoms with Crippen LogP contribution in [0.15, 0.2) is 58.1 Å². The van der Waals surface area contributed by atoms with Crippen molar-refractivity contribution in [3.63, 3.8) is 0 Å². The van der Waals surface area contributed by atoms with Crippen molar-refractivity contribution in [2.45, 2.75) is 31.6 Å². The molecule has 0 aliphatic carbocycles. The first-order chi connectivity index (χ1) is 23.8. The molecule has 260 valence electrons. The number of halogens is 5. The Morgan fingerprint density at radius 2 is 1.64 bits per heavy atom. The van der Waals surface area contributed by atoms with Gasteiger partial charge in [-0.05, 0) is 18.6 Å². The predicted octanol–water partition coefficient (Wildman–Crippen LogP) is 5.20. The van der Waals surface area contributed by atoms with E-state index in [0.717, 1.165) is 21.1 Å². The summed E-state index contributed by atoms with van der Waals surface area (Å²) in [5.74, 6) is -1.61. The maximum Gasteiger partial charge on any atom is 0.451 e. The van der Waals surface area contributed by atoms with Gasteiger partial charge in [-0.25, -0.2) is 19.7 Å². The van der Waals surface area contributed by atoms with Gasteiger partial charge in [-0.3, -0.25) is 18.7 Å². The number of methoxy groups -OCH3 is 1. The molecule has 4 heterocycles. The molecule has 3 aromatic heterocycles. The number of amides is 1. The average molecular weight is 730 g/mol. The van der Waals surface area contributed by atoms with Gasteiger partial charge in [0.1, 0.15) is 11.2 Å². The molecule has 6 rings (SSSR count). The van der Waals surface area contributed by atoms with Gasteiger partial charge < -0.3 is 20.7 Å². The van der Waals surface area contributed by atoms with Crippen molar-refractivity contribution in [3.05, 3.63) is 90.8 Å². The third kappa shape index (κ3) is 6.63. The number of nitrogens with one attached hydrogen (secondary N) is 3. The lowest BCUT2D eigenvalue weighted by Crippen LogP contribution is -2.38. The quantitative estimate of drug-likeness (QED) is 0.187. The Morgan fingerprint density at radius 3 is 2.32 bits per heavy atom. The zero-order valence-electron chi connectivity index (χ0n) is 26.8. The monoisotopic (exact) mass is 728 g/mol. The summed E-state index contributed by atoms with van der Waals surface area (Å²) in [4.78, 5) is 48.9. The van der Waals surface area contributed by atoms with Crippen molar-refractivity contribution in [1.82, 2.24) is 34.7 Å². The van der Waals surface area contributed by atoms with Crippen LogP contribution < -0.4 is 31.9 Å². The summed E-state index contributed by atoms with van der Waals surface area (Å²) in [5.41, 5.74) is 0.649. The second kappa shape index (κ2) is 13.7. The predicted molar refractivity (Wildman–Crippen MR) is 183 cm³/mol. The minimum absolute atomic E-state index is 0.0453. The first-order valence-corrected chi connectivity index (χ1v) is 16.0. The van der Waals surface area contributed by atoms with Gasteiger partial charge in [0.25, 0.3) is 5.56 Å². The van der Waals surface area contributed by atoms with E-state index in [1.807, 2.05) is 6.07 Å². The normalized spacial score (nSPS) is 14.6. The smallest absolute Gasteiger partial charge is 0.451 e. The molecule has 12 nitrogen and oxygen atoms in total. The van der Waals surface area contributed by atoms with Crippen LogP contribution >= 0.6 is 23.2 Å². The molecule has 50 heavy (non-hydrogen) atoms. The first-order valence-electron chi connectivity index (χ1n) is 15.2. The highest BCUT2D eigenvalue weighted by atomic mass is 35.5. The molecule has 1 fully saturated rings. The fourth-order valence-electron chi connectivity index (χ4n) is 5.72. The minimum atomic E-state index is -4.98. The summed E-state index contributed by atoms with van der Waals surface area (Å²) in [5, 5.41) is 9.03. The van der Waals surface area contributed by atoms with Crippen LogP contribution in [0.3, 0.4) is 0 Å². The van der Waals surface area contributed by atoms with Crippen LogP contribution in [-0.4, -0.2) is 49.7 Å². The van der Waals surface area contributed by atoms with E-state index in [2.05, 4.69) is 30.9 Å². The highest BCUT2D eigenvalue weighted by Gasteiger charge is 2.36. The zero-order valence-corrected chi connectivity index (χ0v) is 28.3. The molecular formula is C33H29Cl2F3N8O4. The Labute approximate surface area is 292 Å². The Kier molecular flexibility index (Phi) is 9.57. The molecule has 1 amide bonds. The van der Waals surface area contributed by atoms with Gasteiger partial charge in [-0.2, -0.15) is 13.2 Å². The number of rotatable bonds is 9.